The quantitative estimate of drug-likeness (QED) is 0.139. The molecule has 0 aliphatic carbocycles. The summed E-state index contributed by atoms with van der Waals surface area (Å²) in [6.45, 7) is -0.531. The maximum Gasteiger partial charge on any atom is 0.481 e. The Bertz CT molecular complexity index is 952. The van der Waals surface area contributed by atoms with E-state index in [0.29, 0.717) is 19.4 Å². The monoisotopic (exact) mass is 503 g/mol. The van der Waals surface area contributed by atoms with Gasteiger partial charge in [0.15, 0.2) is 6.23 Å². The van der Waals surface area contributed by atoms with Gasteiger partial charge in [0, 0.05) is 12.3 Å². The van der Waals surface area contributed by atoms with Crippen LogP contribution in [0.15, 0.2) is 21.9 Å². The van der Waals surface area contributed by atoms with Crippen LogP contribution in [-0.4, -0.2) is 67.6 Å². The first-order valence-corrected chi connectivity index (χ1v) is 12.6. The molecule has 2 rings (SSSR count). The maximum absolute atomic E-state index is 12.0. The number of phosphoric ester groups is 2. The zero-order chi connectivity index (χ0) is 23.9. The molecule has 15 nitrogen and oxygen atoms in total. The van der Waals surface area contributed by atoms with Gasteiger partial charge >= 0.3 is 21.3 Å². The molecule has 7 N–H and O–H groups in total. The Balaban J connectivity index is 1.88. The number of hydrogen-bond donors (Lipinski definition) is 6. The minimum absolute atomic E-state index is 0.204. The third kappa shape index (κ3) is 7.97. The van der Waals surface area contributed by atoms with Gasteiger partial charge < -0.3 is 30.5 Å². The number of aromatic amines is 1. The molecule has 184 valence electrons. The number of unbranched alkanes of at least 4 members (excludes halogenated alkanes) is 3. The second-order valence-electron chi connectivity index (χ2n) is 6.91. The molecule has 0 aromatic carbocycles. The summed E-state index contributed by atoms with van der Waals surface area (Å²) in [6.07, 6.45) is -2.50. The van der Waals surface area contributed by atoms with Crippen LogP contribution < -0.4 is 17.0 Å². The van der Waals surface area contributed by atoms with Crippen molar-refractivity contribution < 1.29 is 47.2 Å². The van der Waals surface area contributed by atoms with Crippen LogP contribution in [0.25, 0.3) is 0 Å². The molecule has 0 saturated carbocycles. The van der Waals surface area contributed by atoms with Gasteiger partial charge in [-0.3, -0.25) is 23.4 Å². The summed E-state index contributed by atoms with van der Waals surface area (Å²) in [5, 5.41) is 20.2. The molecule has 0 radical (unpaired) electrons. The van der Waals surface area contributed by atoms with Gasteiger partial charge in [0.1, 0.15) is 18.3 Å². The summed E-state index contributed by atoms with van der Waals surface area (Å²) in [4.78, 5) is 44.2. The highest BCUT2D eigenvalue weighted by molar-refractivity contribution is 7.61. The van der Waals surface area contributed by atoms with Crippen LogP contribution in [0.5, 0.6) is 0 Å². The molecule has 2 heterocycles. The Hall–Kier alpha value is -1.22. The predicted molar refractivity (Wildman–Crippen MR) is 107 cm³/mol. The number of aromatic nitrogens is 2. The molecule has 0 amide bonds. The number of aliphatic hydroxyl groups excluding tert-OH is 2. The average molecular weight is 503 g/mol. The van der Waals surface area contributed by atoms with Crippen molar-refractivity contribution in [2.24, 2.45) is 5.73 Å². The number of ether oxygens (including phenoxy) is 1. The Kier molecular flexibility index (Phi) is 9.94. The largest absolute Gasteiger partial charge is 0.481 e. The number of nitrogens with two attached hydrogens (primary N) is 1. The van der Waals surface area contributed by atoms with E-state index >= 15 is 0 Å². The highest BCUT2D eigenvalue weighted by atomic mass is 31.3. The number of nitrogens with zero attached hydrogens (tertiary/aromatic N) is 1. The molecule has 0 bridgehead atoms. The summed E-state index contributed by atoms with van der Waals surface area (Å²) in [5.74, 6) is 0. The molecule has 1 saturated heterocycles. The van der Waals surface area contributed by atoms with E-state index in [1.165, 1.54) is 0 Å². The highest BCUT2D eigenvalue weighted by Crippen LogP contribution is 2.60. The zero-order valence-corrected chi connectivity index (χ0v) is 18.7. The van der Waals surface area contributed by atoms with Crippen molar-refractivity contribution in [2.45, 2.75) is 50.2 Å². The van der Waals surface area contributed by atoms with Gasteiger partial charge in [-0.25, -0.2) is 13.9 Å². The minimum Gasteiger partial charge on any atom is -0.387 e. The molecule has 2 unspecified atom stereocenters. The minimum atomic E-state index is -5.13. The van der Waals surface area contributed by atoms with E-state index < -0.39 is 58.0 Å². The molecule has 1 aromatic rings. The van der Waals surface area contributed by atoms with Crippen molar-refractivity contribution >= 4 is 15.6 Å². The molecule has 32 heavy (non-hydrogen) atoms. The van der Waals surface area contributed by atoms with Gasteiger partial charge in [-0.1, -0.05) is 12.8 Å². The van der Waals surface area contributed by atoms with Crippen molar-refractivity contribution in [1.82, 2.24) is 9.55 Å². The zero-order valence-electron chi connectivity index (χ0n) is 16.9. The van der Waals surface area contributed by atoms with Gasteiger partial charge in [-0.2, -0.15) is 4.31 Å². The van der Waals surface area contributed by atoms with Gasteiger partial charge in [-0.15, -0.1) is 0 Å². The summed E-state index contributed by atoms with van der Waals surface area (Å²) < 4.78 is 43.3. The Morgan fingerprint density at radius 1 is 1.06 bits per heavy atom. The summed E-state index contributed by atoms with van der Waals surface area (Å²) in [5.41, 5.74) is 3.73. The van der Waals surface area contributed by atoms with Gasteiger partial charge in [-0.05, 0) is 19.4 Å². The fourth-order valence-electron chi connectivity index (χ4n) is 2.85. The average Bonchev–Trinajstić information content (AvgIpc) is 2.97. The number of H-pyrrole nitrogens is 1. The van der Waals surface area contributed by atoms with E-state index in [2.05, 4.69) is 13.4 Å². The molecule has 1 fully saturated rings. The van der Waals surface area contributed by atoms with Crippen LogP contribution in [0.3, 0.4) is 0 Å². The third-order valence-corrected chi connectivity index (χ3v) is 7.06. The first kappa shape index (κ1) is 27.0. The number of phosphoric acid groups is 2. The topological polar surface area (TPSA) is 233 Å². The molecule has 1 aliphatic rings. The van der Waals surface area contributed by atoms with Crippen LogP contribution in [0.1, 0.15) is 31.9 Å². The Morgan fingerprint density at radius 2 is 1.72 bits per heavy atom. The lowest BCUT2D eigenvalue weighted by Gasteiger charge is -2.19. The summed E-state index contributed by atoms with van der Waals surface area (Å²) in [7, 11) is -10.1. The Morgan fingerprint density at radius 3 is 2.38 bits per heavy atom. The SMILES string of the molecule is NCCCCCCOP(=O)(O)OP(=O)(O)OC[C@@H]1O[C@H](n2ccc(=O)[nH]c2=O)[C@@H](O)[C@@H]1O. The standard InChI is InChI=1S/C15H27N3O12P2/c16-6-3-1-2-4-8-27-31(23,24)30-32(25,26)28-9-10-12(20)13(21)14(29-10)18-7-5-11(19)17-15(18)22/h5,7,10,12-14,20-21H,1-4,6,8-9,16H2,(H,23,24)(H,25,26)(H,17,19,22)/t10-,12+,13-,14-/m0/s1. The lowest BCUT2D eigenvalue weighted by atomic mass is 10.1. The molecular weight excluding hydrogens is 476 g/mol. The van der Waals surface area contributed by atoms with Crippen LogP contribution in [0.2, 0.25) is 0 Å². The van der Waals surface area contributed by atoms with E-state index in [1.807, 2.05) is 4.98 Å². The second kappa shape index (κ2) is 11.8. The summed E-state index contributed by atoms with van der Waals surface area (Å²) >= 11 is 0. The van der Waals surface area contributed by atoms with Crippen LogP contribution in [-0.2, 0) is 27.2 Å². The Labute approximate surface area is 181 Å². The van der Waals surface area contributed by atoms with Crippen LogP contribution in [0, 0.1) is 0 Å². The van der Waals surface area contributed by atoms with E-state index in [-0.39, 0.29) is 6.61 Å². The molecule has 6 atom stereocenters. The maximum atomic E-state index is 12.0. The van der Waals surface area contributed by atoms with Gasteiger partial charge in [0.05, 0.1) is 13.2 Å². The molecule has 1 aromatic heterocycles. The van der Waals surface area contributed by atoms with Crippen molar-refractivity contribution in [3.63, 3.8) is 0 Å². The van der Waals surface area contributed by atoms with Crippen molar-refractivity contribution in [3.8, 4) is 0 Å². The third-order valence-electron chi connectivity index (χ3n) is 4.42. The molecule has 1 aliphatic heterocycles. The van der Waals surface area contributed by atoms with Crippen molar-refractivity contribution in [2.75, 3.05) is 19.8 Å². The number of nitrogens with one attached hydrogen (secondary N) is 1. The highest BCUT2D eigenvalue weighted by Gasteiger charge is 2.46. The lowest BCUT2D eigenvalue weighted by molar-refractivity contribution is -0.0543. The van der Waals surface area contributed by atoms with E-state index in [0.717, 1.165) is 29.7 Å². The lowest BCUT2D eigenvalue weighted by Crippen LogP contribution is -2.37. The first-order valence-electron chi connectivity index (χ1n) is 9.65. The van der Waals surface area contributed by atoms with Crippen molar-refractivity contribution in [3.05, 3.63) is 33.1 Å². The molecule has 0 spiro atoms. The van der Waals surface area contributed by atoms with E-state index in [1.54, 1.807) is 0 Å². The fraction of sp³-hybridized carbons (Fsp3) is 0.733. The number of hydrogen-bond acceptors (Lipinski definition) is 11. The fourth-order valence-corrected chi connectivity index (χ4v) is 4.96. The molecule has 17 heteroatoms. The molecular formula is C15H27N3O12P2. The number of rotatable bonds is 13. The van der Waals surface area contributed by atoms with E-state index in [4.69, 9.17) is 10.5 Å². The smallest absolute Gasteiger partial charge is 0.387 e. The van der Waals surface area contributed by atoms with E-state index in [9.17, 15) is 38.7 Å². The van der Waals surface area contributed by atoms with Crippen LogP contribution >= 0.6 is 15.6 Å². The van der Waals surface area contributed by atoms with Gasteiger partial charge in [0.2, 0.25) is 0 Å². The van der Waals surface area contributed by atoms with Crippen LogP contribution in [0.4, 0.5) is 0 Å². The van der Waals surface area contributed by atoms with Crippen molar-refractivity contribution in [1.29, 1.82) is 0 Å². The predicted octanol–water partition coefficient (Wildman–Crippen LogP) is -1.07. The normalized spacial score (nSPS) is 27.2. The summed E-state index contributed by atoms with van der Waals surface area (Å²) in [6, 6.07) is 0.987. The first-order chi connectivity index (χ1) is 15.0. The number of aliphatic hydroxyl groups is 2. The van der Waals surface area contributed by atoms with Gasteiger partial charge in [0.25, 0.3) is 5.56 Å². The second-order valence-corrected chi connectivity index (χ2v) is 9.96.